The van der Waals surface area contributed by atoms with E-state index in [1.807, 2.05) is 24.3 Å². The highest BCUT2D eigenvalue weighted by Crippen LogP contribution is 2.25. The number of rotatable bonds is 2. The van der Waals surface area contributed by atoms with E-state index in [9.17, 15) is 5.11 Å². The van der Waals surface area contributed by atoms with Crippen LogP contribution in [0.3, 0.4) is 0 Å². The van der Waals surface area contributed by atoms with Gasteiger partial charge < -0.3 is 15.3 Å². The van der Waals surface area contributed by atoms with Crippen molar-refractivity contribution in [3.8, 4) is 0 Å². The number of nitrogens with zero attached hydrogens (tertiary/aromatic N) is 1. The number of hydrogen-bond donors (Lipinski definition) is 2. The zero-order valence-corrected chi connectivity index (χ0v) is 11.7. The summed E-state index contributed by atoms with van der Waals surface area (Å²) in [6, 6.07) is 8.03. The molecule has 1 aromatic rings. The van der Waals surface area contributed by atoms with Gasteiger partial charge in [-0.15, -0.1) is 0 Å². The van der Waals surface area contributed by atoms with E-state index in [1.165, 1.54) is 0 Å². The normalized spacial score (nSPS) is 23.8. The summed E-state index contributed by atoms with van der Waals surface area (Å²) in [6.07, 6.45) is 0. The van der Waals surface area contributed by atoms with Gasteiger partial charge in [-0.25, -0.2) is 0 Å². The van der Waals surface area contributed by atoms with Crippen molar-refractivity contribution in [3.63, 3.8) is 0 Å². The Kier molecular flexibility index (Phi) is 4.15. The molecular formula is C14H21ClN2O. The third-order valence-corrected chi connectivity index (χ3v) is 3.59. The summed E-state index contributed by atoms with van der Waals surface area (Å²) >= 11 is 5.92. The van der Waals surface area contributed by atoms with Gasteiger partial charge in [-0.3, -0.25) is 0 Å². The zero-order valence-electron chi connectivity index (χ0n) is 11.0. The molecule has 3 nitrogen and oxygen atoms in total. The summed E-state index contributed by atoms with van der Waals surface area (Å²) in [5, 5.41) is 13.6. The van der Waals surface area contributed by atoms with E-state index in [4.69, 9.17) is 11.6 Å². The molecule has 1 aliphatic heterocycles. The average molecular weight is 269 g/mol. The molecule has 0 amide bonds. The molecule has 1 aromatic carbocycles. The van der Waals surface area contributed by atoms with Gasteiger partial charge in [-0.05, 0) is 29.7 Å². The largest absolute Gasteiger partial charge is 0.395 e. The molecule has 100 valence electrons. The molecule has 2 rings (SSSR count). The summed E-state index contributed by atoms with van der Waals surface area (Å²) in [7, 11) is 0. The van der Waals surface area contributed by atoms with E-state index in [-0.39, 0.29) is 18.1 Å². The van der Waals surface area contributed by atoms with Crippen LogP contribution in [-0.4, -0.2) is 37.4 Å². The van der Waals surface area contributed by atoms with Crippen LogP contribution in [0, 0.1) is 5.41 Å². The van der Waals surface area contributed by atoms with Gasteiger partial charge in [-0.1, -0.05) is 25.4 Å². The summed E-state index contributed by atoms with van der Waals surface area (Å²) in [4.78, 5) is 2.32. The number of halogens is 1. The molecule has 0 aromatic heterocycles. The van der Waals surface area contributed by atoms with Gasteiger partial charge in [0.2, 0.25) is 0 Å². The zero-order chi connectivity index (χ0) is 13.2. The van der Waals surface area contributed by atoms with Crippen LogP contribution in [0.5, 0.6) is 0 Å². The van der Waals surface area contributed by atoms with Gasteiger partial charge in [0, 0.05) is 36.4 Å². The fourth-order valence-corrected chi connectivity index (χ4v) is 2.49. The monoisotopic (exact) mass is 268 g/mol. The Morgan fingerprint density at radius 2 is 2.06 bits per heavy atom. The molecule has 0 radical (unpaired) electrons. The SMILES string of the molecule is CC1(C)CNC(CO)CN(c2ccc(Cl)cc2)C1. The van der Waals surface area contributed by atoms with E-state index in [1.54, 1.807) is 0 Å². The third kappa shape index (κ3) is 3.37. The minimum absolute atomic E-state index is 0.127. The van der Waals surface area contributed by atoms with Crippen molar-refractivity contribution in [2.45, 2.75) is 19.9 Å². The summed E-state index contributed by atoms with van der Waals surface area (Å²) in [5.74, 6) is 0. The molecule has 2 N–H and O–H groups in total. The molecule has 4 heteroatoms. The minimum atomic E-state index is 0.127. The van der Waals surface area contributed by atoms with Crippen LogP contribution in [0.15, 0.2) is 24.3 Å². The number of aliphatic hydroxyl groups excluding tert-OH is 1. The van der Waals surface area contributed by atoms with Crippen molar-refractivity contribution in [2.75, 3.05) is 31.1 Å². The van der Waals surface area contributed by atoms with Crippen LogP contribution in [0.2, 0.25) is 5.02 Å². The van der Waals surface area contributed by atoms with Crippen molar-refractivity contribution < 1.29 is 5.11 Å². The number of benzene rings is 1. The second-order valence-electron chi connectivity index (χ2n) is 5.78. The van der Waals surface area contributed by atoms with Crippen LogP contribution in [0.1, 0.15) is 13.8 Å². The molecule has 1 aliphatic rings. The van der Waals surface area contributed by atoms with Gasteiger partial charge in [0.05, 0.1) is 6.61 Å². The van der Waals surface area contributed by atoms with E-state index in [2.05, 4.69) is 24.1 Å². The highest BCUT2D eigenvalue weighted by Gasteiger charge is 2.28. The molecular weight excluding hydrogens is 248 g/mol. The van der Waals surface area contributed by atoms with Crippen molar-refractivity contribution in [2.24, 2.45) is 5.41 Å². The van der Waals surface area contributed by atoms with E-state index >= 15 is 0 Å². The van der Waals surface area contributed by atoms with Crippen molar-refractivity contribution in [3.05, 3.63) is 29.3 Å². The van der Waals surface area contributed by atoms with Gasteiger partial charge in [0.15, 0.2) is 0 Å². The maximum Gasteiger partial charge on any atom is 0.0601 e. The summed E-state index contributed by atoms with van der Waals surface area (Å²) < 4.78 is 0. The first-order valence-corrected chi connectivity index (χ1v) is 6.73. The molecule has 0 spiro atoms. The van der Waals surface area contributed by atoms with Crippen molar-refractivity contribution in [1.82, 2.24) is 5.32 Å². The van der Waals surface area contributed by atoms with E-state index in [0.29, 0.717) is 0 Å². The highest BCUT2D eigenvalue weighted by molar-refractivity contribution is 6.30. The lowest BCUT2D eigenvalue weighted by molar-refractivity contribution is 0.242. The van der Waals surface area contributed by atoms with Crippen LogP contribution >= 0.6 is 11.6 Å². The van der Waals surface area contributed by atoms with Crippen molar-refractivity contribution in [1.29, 1.82) is 0 Å². The fraction of sp³-hybridized carbons (Fsp3) is 0.571. The van der Waals surface area contributed by atoms with Crippen LogP contribution in [-0.2, 0) is 0 Å². The lowest BCUT2D eigenvalue weighted by atomic mass is 9.93. The first kappa shape index (κ1) is 13.7. The Hall–Kier alpha value is -0.770. The predicted octanol–water partition coefficient (Wildman–Crippen LogP) is 2.14. The molecule has 1 saturated heterocycles. The second kappa shape index (κ2) is 5.47. The number of hydrogen-bond acceptors (Lipinski definition) is 3. The molecule has 0 bridgehead atoms. The highest BCUT2D eigenvalue weighted by atomic mass is 35.5. The Morgan fingerprint density at radius 1 is 1.39 bits per heavy atom. The Bertz CT molecular complexity index is 391. The maximum atomic E-state index is 9.38. The summed E-state index contributed by atoms with van der Waals surface area (Å²) in [5.41, 5.74) is 1.35. The Balaban J connectivity index is 2.20. The van der Waals surface area contributed by atoms with Crippen LogP contribution < -0.4 is 10.2 Å². The van der Waals surface area contributed by atoms with Crippen molar-refractivity contribution >= 4 is 17.3 Å². The first-order valence-electron chi connectivity index (χ1n) is 6.35. The number of aliphatic hydroxyl groups is 1. The lowest BCUT2D eigenvalue weighted by Crippen LogP contribution is -2.40. The minimum Gasteiger partial charge on any atom is -0.395 e. The topological polar surface area (TPSA) is 35.5 Å². The predicted molar refractivity (Wildman–Crippen MR) is 76.3 cm³/mol. The standard InChI is InChI=1S/C14H21ClN2O/c1-14(2)9-16-12(8-18)7-17(10-14)13-5-3-11(15)4-6-13/h3-6,12,16,18H,7-10H2,1-2H3. The van der Waals surface area contributed by atoms with Gasteiger partial charge in [0.1, 0.15) is 0 Å². The molecule has 1 heterocycles. The van der Waals surface area contributed by atoms with Crippen LogP contribution in [0.25, 0.3) is 0 Å². The smallest absolute Gasteiger partial charge is 0.0601 e. The molecule has 1 unspecified atom stereocenters. The van der Waals surface area contributed by atoms with E-state index in [0.717, 1.165) is 30.3 Å². The average Bonchev–Trinajstić information content (AvgIpc) is 2.48. The molecule has 18 heavy (non-hydrogen) atoms. The number of anilines is 1. The van der Waals surface area contributed by atoms with Gasteiger partial charge in [-0.2, -0.15) is 0 Å². The molecule has 0 saturated carbocycles. The first-order chi connectivity index (χ1) is 8.50. The van der Waals surface area contributed by atoms with Gasteiger partial charge in [0.25, 0.3) is 0 Å². The Labute approximate surface area is 114 Å². The third-order valence-electron chi connectivity index (χ3n) is 3.34. The molecule has 1 atom stereocenters. The Morgan fingerprint density at radius 3 is 2.67 bits per heavy atom. The second-order valence-corrected chi connectivity index (χ2v) is 6.22. The van der Waals surface area contributed by atoms with E-state index < -0.39 is 0 Å². The molecule has 1 fully saturated rings. The molecule has 0 aliphatic carbocycles. The maximum absolute atomic E-state index is 9.38. The van der Waals surface area contributed by atoms with Crippen LogP contribution in [0.4, 0.5) is 5.69 Å². The lowest BCUT2D eigenvalue weighted by Gasteiger charge is -2.31. The fourth-order valence-electron chi connectivity index (χ4n) is 2.36. The summed E-state index contributed by atoms with van der Waals surface area (Å²) in [6.45, 7) is 7.35. The van der Waals surface area contributed by atoms with Gasteiger partial charge >= 0.3 is 0 Å². The number of nitrogens with one attached hydrogen (secondary N) is 1. The quantitative estimate of drug-likeness (QED) is 0.863.